The molecule has 0 radical (unpaired) electrons. The molecule has 0 unspecified atom stereocenters. The predicted molar refractivity (Wildman–Crippen MR) is 67.9 cm³/mol. The van der Waals surface area contributed by atoms with Crippen molar-refractivity contribution >= 4 is 17.6 Å². The molecule has 1 aromatic rings. The Kier molecular flexibility index (Phi) is 3.72. The number of carboxylic acid groups (broad SMARTS) is 1. The lowest BCUT2D eigenvalue weighted by molar-refractivity contribution is -0.138. The molecule has 0 aliphatic heterocycles. The number of carbonyl (C=O) groups is 1. The highest BCUT2D eigenvalue weighted by molar-refractivity contribution is 6.32. The summed E-state index contributed by atoms with van der Waals surface area (Å²) in [5.74, 6) is -0.811. The third-order valence-electron chi connectivity index (χ3n) is 2.95. The Morgan fingerprint density at radius 3 is 2.41 bits per heavy atom. The zero-order chi connectivity index (χ0) is 13.4. The summed E-state index contributed by atoms with van der Waals surface area (Å²) in [5, 5.41) is 18.8. The number of aliphatic carboxylic acids is 1. The number of carboxylic acids is 1. The number of aromatic hydroxyl groups is 1. The monoisotopic (exact) mass is 256 g/mol. The average molecular weight is 257 g/mol. The third kappa shape index (κ3) is 2.72. The van der Waals surface area contributed by atoms with Gasteiger partial charge in [-0.15, -0.1) is 0 Å². The minimum Gasteiger partial charge on any atom is -0.506 e. The molecule has 3 nitrogen and oxygen atoms in total. The molecule has 1 aromatic carbocycles. The number of aryl methyl sites for hydroxylation is 1. The molecule has 0 saturated heterocycles. The lowest BCUT2D eigenvalue weighted by Gasteiger charge is -2.28. The van der Waals surface area contributed by atoms with Crippen LogP contribution in [0.5, 0.6) is 5.75 Å². The summed E-state index contributed by atoms with van der Waals surface area (Å²) in [6, 6.07) is 1.58. The standard InChI is InChI=1S/C13H17ClO3/c1-7-5-9(15)12(14)8(2)11(7)13(3,4)6-10(16)17/h5,15H,6H2,1-4H3,(H,16,17). The van der Waals surface area contributed by atoms with Crippen LogP contribution in [0.25, 0.3) is 0 Å². The maximum atomic E-state index is 10.9. The van der Waals surface area contributed by atoms with Crippen molar-refractivity contribution in [2.45, 2.75) is 39.5 Å². The molecule has 4 heteroatoms. The van der Waals surface area contributed by atoms with Crippen LogP contribution in [0.3, 0.4) is 0 Å². The molecule has 0 aromatic heterocycles. The van der Waals surface area contributed by atoms with Crippen LogP contribution >= 0.6 is 11.6 Å². The quantitative estimate of drug-likeness (QED) is 0.871. The Morgan fingerprint density at radius 2 is 1.94 bits per heavy atom. The van der Waals surface area contributed by atoms with Gasteiger partial charge in [0, 0.05) is 5.41 Å². The molecule has 1 rings (SSSR count). The summed E-state index contributed by atoms with van der Waals surface area (Å²) >= 11 is 6.00. The summed E-state index contributed by atoms with van der Waals surface area (Å²) in [6.07, 6.45) is 0.0236. The SMILES string of the molecule is Cc1cc(O)c(Cl)c(C)c1C(C)(C)CC(=O)O. The van der Waals surface area contributed by atoms with Crippen LogP contribution in [0.2, 0.25) is 5.02 Å². The summed E-state index contributed by atoms with van der Waals surface area (Å²) in [5.41, 5.74) is 1.98. The molecule has 0 spiro atoms. The molecule has 0 aliphatic rings. The van der Waals surface area contributed by atoms with E-state index in [1.165, 1.54) is 0 Å². The van der Waals surface area contributed by atoms with E-state index in [9.17, 15) is 9.90 Å². The Balaban J connectivity index is 3.40. The minimum absolute atomic E-state index is 0.0236. The highest BCUT2D eigenvalue weighted by atomic mass is 35.5. The van der Waals surface area contributed by atoms with E-state index in [0.717, 1.165) is 16.7 Å². The van der Waals surface area contributed by atoms with Crippen molar-refractivity contribution in [3.05, 3.63) is 27.8 Å². The van der Waals surface area contributed by atoms with E-state index < -0.39 is 11.4 Å². The molecule has 0 atom stereocenters. The summed E-state index contributed by atoms with van der Waals surface area (Å²) in [4.78, 5) is 10.9. The lowest BCUT2D eigenvalue weighted by atomic mass is 9.77. The van der Waals surface area contributed by atoms with Gasteiger partial charge in [0.1, 0.15) is 5.75 Å². The average Bonchev–Trinajstić information content (AvgIpc) is 2.11. The molecule has 0 fully saturated rings. The largest absolute Gasteiger partial charge is 0.506 e. The van der Waals surface area contributed by atoms with Gasteiger partial charge in [0.2, 0.25) is 0 Å². The number of phenolic OH excluding ortho intramolecular Hbond substituents is 1. The fourth-order valence-corrected chi connectivity index (χ4v) is 2.60. The van der Waals surface area contributed by atoms with Gasteiger partial charge in [0.15, 0.2) is 0 Å². The summed E-state index contributed by atoms with van der Waals surface area (Å²) in [7, 11) is 0. The van der Waals surface area contributed by atoms with Crippen LogP contribution in [0, 0.1) is 13.8 Å². The van der Waals surface area contributed by atoms with E-state index >= 15 is 0 Å². The topological polar surface area (TPSA) is 57.5 Å². The second kappa shape index (κ2) is 4.57. The molecule has 0 bridgehead atoms. The number of hydrogen-bond acceptors (Lipinski definition) is 2. The Labute approximate surface area is 106 Å². The van der Waals surface area contributed by atoms with Gasteiger partial charge in [-0.2, -0.15) is 0 Å². The van der Waals surface area contributed by atoms with Crippen molar-refractivity contribution in [2.24, 2.45) is 0 Å². The van der Waals surface area contributed by atoms with Crippen molar-refractivity contribution in [1.82, 2.24) is 0 Å². The first-order chi connectivity index (χ1) is 7.66. The van der Waals surface area contributed by atoms with Crippen LogP contribution in [-0.4, -0.2) is 16.2 Å². The molecule has 94 valence electrons. The summed E-state index contributed by atoms with van der Waals surface area (Å²) < 4.78 is 0. The molecule has 0 saturated carbocycles. The molecular formula is C13H17ClO3. The van der Waals surface area contributed by atoms with Gasteiger partial charge in [0.25, 0.3) is 0 Å². The van der Waals surface area contributed by atoms with E-state index in [4.69, 9.17) is 16.7 Å². The maximum Gasteiger partial charge on any atom is 0.304 e. The van der Waals surface area contributed by atoms with Crippen LogP contribution in [0.4, 0.5) is 0 Å². The first kappa shape index (κ1) is 13.8. The Morgan fingerprint density at radius 1 is 1.41 bits per heavy atom. The highest BCUT2D eigenvalue weighted by Gasteiger charge is 2.29. The van der Waals surface area contributed by atoms with Crippen LogP contribution in [0.15, 0.2) is 6.07 Å². The highest BCUT2D eigenvalue weighted by Crippen LogP contribution is 2.39. The van der Waals surface area contributed by atoms with Crippen LogP contribution in [0.1, 0.15) is 37.0 Å². The normalized spacial score (nSPS) is 11.6. The van der Waals surface area contributed by atoms with Gasteiger partial charge < -0.3 is 10.2 Å². The number of phenols is 1. The number of rotatable bonds is 3. The fraction of sp³-hybridized carbons (Fsp3) is 0.462. The predicted octanol–water partition coefficient (Wildman–Crippen LogP) is 3.41. The van der Waals surface area contributed by atoms with Gasteiger partial charge in [0.05, 0.1) is 11.4 Å². The first-order valence-electron chi connectivity index (χ1n) is 5.37. The number of benzene rings is 1. The molecule has 17 heavy (non-hydrogen) atoms. The smallest absolute Gasteiger partial charge is 0.304 e. The summed E-state index contributed by atoms with van der Waals surface area (Å²) in [6.45, 7) is 7.38. The molecular weight excluding hydrogens is 240 g/mol. The van der Waals surface area contributed by atoms with Gasteiger partial charge in [-0.1, -0.05) is 25.4 Å². The van der Waals surface area contributed by atoms with E-state index in [0.29, 0.717) is 5.02 Å². The van der Waals surface area contributed by atoms with Gasteiger partial charge >= 0.3 is 5.97 Å². The van der Waals surface area contributed by atoms with E-state index in [2.05, 4.69) is 0 Å². The number of halogens is 1. The molecule has 0 amide bonds. The van der Waals surface area contributed by atoms with E-state index in [-0.39, 0.29) is 12.2 Å². The van der Waals surface area contributed by atoms with Crippen molar-refractivity contribution in [2.75, 3.05) is 0 Å². The second-order valence-electron chi connectivity index (χ2n) is 4.98. The van der Waals surface area contributed by atoms with E-state index in [1.54, 1.807) is 13.0 Å². The van der Waals surface area contributed by atoms with Crippen LogP contribution < -0.4 is 0 Å². The van der Waals surface area contributed by atoms with Crippen molar-refractivity contribution in [1.29, 1.82) is 0 Å². The molecule has 0 heterocycles. The Hall–Kier alpha value is -1.22. The molecule has 0 aliphatic carbocycles. The van der Waals surface area contributed by atoms with Crippen LogP contribution in [-0.2, 0) is 10.2 Å². The van der Waals surface area contributed by atoms with Gasteiger partial charge in [-0.05, 0) is 36.6 Å². The third-order valence-corrected chi connectivity index (χ3v) is 3.42. The molecule has 2 N–H and O–H groups in total. The van der Waals surface area contributed by atoms with E-state index in [1.807, 2.05) is 20.8 Å². The van der Waals surface area contributed by atoms with Crippen molar-refractivity contribution < 1.29 is 15.0 Å². The second-order valence-corrected chi connectivity index (χ2v) is 5.36. The zero-order valence-electron chi connectivity index (χ0n) is 10.5. The first-order valence-corrected chi connectivity index (χ1v) is 5.75. The van der Waals surface area contributed by atoms with Gasteiger partial charge in [-0.3, -0.25) is 4.79 Å². The van der Waals surface area contributed by atoms with Crippen molar-refractivity contribution in [3.63, 3.8) is 0 Å². The number of hydrogen-bond donors (Lipinski definition) is 2. The fourth-order valence-electron chi connectivity index (χ4n) is 2.45. The maximum absolute atomic E-state index is 10.9. The van der Waals surface area contributed by atoms with Crippen molar-refractivity contribution in [3.8, 4) is 5.75 Å². The minimum atomic E-state index is -0.849. The zero-order valence-corrected chi connectivity index (χ0v) is 11.2. The van der Waals surface area contributed by atoms with Gasteiger partial charge in [-0.25, -0.2) is 0 Å². The Bertz CT molecular complexity index is 464. The lowest BCUT2D eigenvalue weighted by Crippen LogP contribution is -2.24.